The molecular formula is C31H30N2O4S. The summed E-state index contributed by atoms with van der Waals surface area (Å²) in [6.07, 6.45) is 0. The summed E-state index contributed by atoms with van der Waals surface area (Å²) in [6, 6.07) is 19.5. The molecule has 38 heavy (non-hydrogen) atoms. The minimum Gasteiger partial charge on any atom is -0.455 e. The van der Waals surface area contributed by atoms with Crippen molar-refractivity contribution < 1.29 is 13.9 Å². The van der Waals surface area contributed by atoms with Gasteiger partial charge >= 0.3 is 5.63 Å². The van der Waals surface area contributed by atoms with Gasteiger partial charge in [-0.05, 0) is 51.5 Å². The molecule has 0 saturated carbocycles. The van der Waals surface area contributed by atoms with Gasteiger partial charge in [0.05, 0.1) is 5.39 Å². The Morgan fingerprint density at radius 3 is 2.16 bits per heavy atom. The van der Waals surface area contributed by atoms with Crippen LogP contribution >= 0.6 is 11.8 Å². The van der Waals surface area contributed by atoms with Crippen molar-refractivity contribution in [1.29, 1.82) is 0 Å². The van der Waals surface area contributed by atoms with E-state index < -0.39 is 10.4 Å². The van der Waals surface area contributed by atoms with Gasteiger partial charge in [0, 0.05) is 60.8 Å². The zero-order chi connectivity index (χ0) is 26.6. The van der Waals surface area contributed by atoms with Gasteiger partial charge in [-0.3, -0.25) is 4.79 Å². The van der Waals surface area contributed by atoms with Gasteiger partial charge in [-0.25, -0.2) is 4.79 Å². The molecule has 1 unspecified atom stereocenters. The van der Waals surface area contributed by atoms with E-state index in [4.69, 9.17) is 9.15 Å². The lowest BCUT2D eigenvalue weighted by Crippen LogP contribution is -2.34. The first-order chi connectivity index (χ1) is 18.5. The fourth-order valence-corrected chi connectivity index (χ4v) is 7.29. The lowest BCUT2D eigenvalue weighted by molar-refractivity contribution is 0.109. The van der Waals surface area contributed by atoms with E-state index in [0.29, 0.717) is 33.6 Å². The number of benzene rings is 3. The molecule has 0 aliphatic carbocycles. The average molecular weight is 527 g/mol. The van der Waals surface area contributed by atoms with Crippen LogP contribution in [-0.2, 0) is 4.75 Å². The summed E-state index contributed by atoms with van der Waals surface area (Å²) >= 11 is 1.17. The summed E-state index contributed by atoms with van der Waals surface area (Å²) in [5.41, 5.74) is 4.56. The van der Waals surface area contributed by atoms with Gasteiger partial charge in [-0.1, -0.05) is 42.1 Å². The maximum atomic E-state index is 13.9. The summed E-state index contributed by atoms with van der Waals surface area (Å²) in [5.74, 6) is 1.11. The Labute approximate surface area is 226 Å². The van der Waals surface area contributed by atoms with Crippen LogP contribution in [0.5, 0.6) is 11.5 Å². The summed E-state index contributed by atoms with van der Waals surface area (Å²) < 4.78 is 11.6. The molecule has 194 valence electrons. The minimum atomic E-state index is -1.05. The third kappa shape index (κ3) is 3.41. The van der Waals surface area contributed by atoms with Gasteiger partial charge in [-0.2, -0.15) is 0 Å². The van der Waals surface area contributed by atoms with E-state index in [1.807, 2.05) is 60.7 Å². The van der Waals surface area contributed by atoms with Gasteiger partial charge in [0.15, 0.2) is 5.75 Å². The highest BCUT2D eigenvalue weighted by Crippen LogP contribution is 2.62. The summed E-state index contributed by atoms with van der Waals surface area (Å²) in [6.45, 7) is 11.8. The number of ether oxygens (including phenoxy) is 1. The van der Waals surface area contributed by atoms with Crippen LogP contribution in [0.3, 0.4) is 0 Å². The zero-order valence-electron chi connectivity index (χ0n) is 22.0. The third-order valence-electron chi connectivity index (χ3n) is 7.78. The van der Waals surface area contributed by atoms with Crippen molar-refractivity contribution in [2.75, 3.05) is 36.0 Å². The standard InChI is InChI=1S/C31H30N2O4S/c1-5-32(6-2)19-13-15-22-25(17-19)37-29(34)27-28(22)36-26-18-20(33(7-3)8-4)14-16-24(26)31(27)23-12-10-9-11-21(23)30(35)38-31/h9-18H,5-8H2,1-4H3. The van der Waals surface area contributed by atoms with Crippen LogP contribution in [0.4, 0.5) is 11.4 Å². The first-order valence-corrected chi connectivity index (χ1v) is 14.0. The van der Waals surface area contributed by atoms with Crippen molar-refractivity contribution in [2.24, 2.45) is 0 Å². The number of hydrogen-bond acceptors (Lipinski definition) is 7. The lowest BCUT2D eigenvalue weighted by atomic mass is 9.80. The predicted octanol–water partition coefficient (Wildman–Crippen LogP) is 6.77. The number of carbonyl (C=O) groups is 1. The fourth-order valence-electron chi connectivity index (χ4n) is 5.88. The highest BCUT2D eigenvalue weighted by Gasteiger charge is 2.54. The van der Waals surface area contributed by atoms with Crippen molar-refractivity contribution in [3.8, 4) is 11.5 Å². The molecule has 0 bridgehead atoms. The largest absolute Gasteiger partial charge is 0.455 e. The second kappa shape index (κ2) is 9.24. The molecule has 0 radical (unpaired) electrons. The molecule has 0 amide bonds. The van der Waals surface area contributed by atoms with Gasteiger partial charge in [-0.15, -0.1) is 0 Å². The fraction of sp³-hybridized carbons (Fsp3) is 0.290. The number of thioether (sulfide) groups is 1. The summed E-state index contributed by atoms with van der Waals surface area (Å²) in [4.78, 5) is 31.7. The van der Waals surface area contributed by atoms with Crippen LogP contribution in [-0.4, -0.2) is 31.3 Å². The Bertz CT molecular complexity index is 1640. The van der Waals surface area contributed by atoms with Gasteiger partial charge in [0.2, 0.25) is 5.12 Å². The van der Waals surface area contributed by atoms with E-state index in [1.165, 1.54) is 11.8 Å². The minimum absolute atomic E-state index is 0.0661. The van der Waals surface area contributed by atoms with Crippen molar-refractivity contribution in [3.63, 3.8) is 0 Å². The Morgan fingerprint density at radius 2 is 1.45 bits per heavy atom. The monoisotopic (exact) mass is 526 g/mol. The topological polar surface area (TPSA) is 63.0 Å². The van der Waals surface area contributed by atoms with E-state index in [2.05, 4.69) is 37.5 Å². The van der Waals surface area contributed by atoms with Crippen molar-refractivity contribution in [1.82, 2.24) is 0 Å². The molecule has 7 heteroatoms. The summed E-state index contributed by atoms with van der Waals surface area (Å²) in [7, 11) is 0. The first kappa shape index (κ1) is 24.6. The Morgan fingerprint density at radius 1 is 0.789 bits per heavy atom. The zero-order valence-corrected chi connectivity index (χ0v) is 22.9. The molecule has 2 aliphatic heterocycles. The molecule has 6 rings (SSSR count). The Hall–Kier alpha value is -3.71. The van der Waals surface area contributed by atoms with Crippen molar-refractivity contribution >= 4 is 39.2 Å². The number of carbonyl (C=O) groups excluding carboxylic acids is 1. The van der Waals surface area contributed by atoms with Crippen LogP contribution in [0.25, 0.3) is 11.0 Å². The number of nitrogens with zero attached hydrogens (tertiary/aromatic N) is 2. The first-order valence-electron chi connectivity index (χ1n) is 13.2. The van der Waals surface area contributed by atoms with Crippen LogP contribution in [0.15, 0.2) is 69.9 Å². The van der Waals surface area contributed by atoms with Gasteiger partial charge < -0.3 is 19.0 Å². The molecule has 3 heterocycles. The van der Waals surface area contributed by atoms with E-state index in [9.17, 15) is 9.59 Å². The molecule has 1 aromatic heterocycles. The molecule has 1 spiro atoms. The average Bonchev–Trinajstić information content (AvgIpc) is 3.22. The Balaban J connectivity index is 1.67. The molecule has 4 aromatic rings. The number of rotatable bonds is 6. The Kier molecular flexibility index (Phi) is 5.99. The molecule has 2 aliphatic rings. The van der Waals surface area contributed by atoms with Gasteiger partial charge in [0.25, 0.3) is 0 Å². The molecular weight excluding hydrogens is 496 g/mol. The molecule has 0 fully saturated rings. The third-order valence-corrected chi connectivity index (χ3v) is 9.14. The van der Waals surface area contributed by atoms with Crippen molar-refractivity contribution in [2.45, 2.75) is 32.4 Å². The highest BCUT2D eigenvalue weighted by atomic mass is 32.2. The second-order valence-corrected chi connectivity index (χ2v) is 10.7. The molecule has 6 nitrogen and oxygen atoms in total. The quantitative estimate of drug-likeness (QED) is 0.257. The van der Waals surface area contributed by atoms with E-state index in [1.54, 1.807) is 0 Å². The summed E-state index contributed by atoms with van der Waals surface area (Å²) in [5, 5.41) is 0.648. The SMILES string of the molecule is CCN(CC)c1ccc2c(c1)Oc1c(c(=O)oc3cc(N(CC)CC)ccc13)C21SC(=O)c2ccccc21. The smallest absolute Gasteiger partial charge is 0.345 e. The number of anilines is 2. The molecule has 0 N–H and O–H groups in total. The molecule has 0 saturated heterocycles. The van der Waals surface area contributed by atoms with E-state index in [-0.39, 0.29) is 5.12 Å². The number of hydrogen-bond donors (Lipinski definition) is 0. The van der Waals surface area contributed by atoms with Crippen LogP contribution < -0.4 is 20.2 Å². The maximum Gasteiger partial charge on any atom is 0.345 e. The normalized spacial score (nSPS) is 17.2. The van der Waals surface area contributed by atoms with E-state index >= 15 is 0 Å². The van der Waals surface area contributed by atoms with Crippen molar-refractivity contribution in [3.05, 3.63) is 93.3 Å². The second-order valence-electron chi connectivity index (χ2n) is 9.52. The van der Waals surface area contributed by atoms with Crippen LogP contribution in [0.1, 0.15) is 54.7 Å². The van der Waals surface area contributed by atoms with Gasteiger partial charge in [0.1, 0.15) is 21.6 Å². The molecule has 1 atom stereocenters. The van der Waals surface area contributed by atoms with Crippen LogP contribution in [0.2, 0.25) is 0 Å². The number of fused-ring (bicyclic) bond motifs is 8. The highest BCUT2D eigenvalue weighted by molar-refractivity contribution is 8.15. The van der Waals surface area contributed by atoms with Crippen LogP contribution in [0, 0.1) is 0 Å². The maximum absolute atomic E-state index is 13.9. The predicted molar refractivity (Wildman–Crippen MR) is 154 cm³/mol. The van der Waals surface area contributed by atoms with E-state index in [0.717, 1.165) is 48.7 Å². The lowest BCUT2D eigenvalue weighted by Gasteiger charge is -2.36. The molecule has 3 aromatic carbocycles.